The molecule has 14 nitrogen and oxygen atoms in total. The zero-order chi connectivity index (χ0) is 57.2. The first-order valence-corrected chi connectivity index (χ1v) is 30.8. The molecule has 0 aromatic heterocycles. The molecule has 79 heavy (non-hydrogen) atoms. The van der Waals surface area contributed by atoms with Crippen LogP contribution < -0.4 is 0 Å². The van der Waals surface area contributed by atoms with Gasteiger partial charge in [0.1, 0.15) is 54.9 Å². The SMILES string of the molecule is CC/C=C\C/C=C\C/C=C\C/C=C\C/C=C\C/C=C\C/C=C\CCCC(=O)OC(COCCCCCCCCCCCC/C=C\CCCCCCCCCC)COC1OC(COC2OC(CO)C(O)C(O)C2O)C(O)C(O)C1O. The third-order valence-electron chi connectivity index (χ3n) is 14.1. The van der Waals surface area contributed by atoms with Gasteiger partial charge in [-0.15, -0.1) is 0 Å². The zero-order valence-electron chi connectivity index (χ0n) is 48.8. The topological polar surface area (TPSA) is 214 Å². The Morgan fingerprint density at radius 3 is 1.30 bits per heavy atom. The average Bonchev–Trinajstić information content (AvgIpc) is 3.46. The van der Waals surface area contributed by atoms with Crippen LogP contribution in [0.2, 0.25) is 0 Å². The maximum absolute atomic E-state index is 13.1. The van der Waals surface area contributed by atoms with Crippen LogP contribution in [-0.4, -0.2) is 142 Å². The molecule has 2 rings (SSSR count). The van der Waals surface area contributed by atoms with Crippen LogP contribution in [-0.2, 0) is 33.2 Å². The second-order valence-electron chi connectivity index (χ2n) is 21.1. The Morgan fingerprint density at radius 1 is 0.430 bits per heavy atom. The maximum atomic E-state index is 13.1. The highest BCUT2D eigenvalue weighted by Crippen LogP contribution is 2.26. The van der Waals surface area contributed by atoms with E-state index in [1.54, 1.807) is 0 Å². The van der Waals surface area contributed by atoms with Crippen LogP contribution in [0.1, 0.15) is 206 Å². The molecule has 0 saturated carbocycles. The number of hydrogen-bond donors (Lipinski definition) is 7. The summed E-state index contributed by atoms with van der Waals surface area (Å²) < 4.78 is 34.4. The highest BCUT2D eigenvalue weighted by atomic mass is 16.7. The number of carbonyl (C=O) groups is 1. The lowest BCUT2D eigenvalue weighted by Crippen LogP contribution is -2.61. The number of rotatable bonds is 49. The normalized spacial score (nSPS) is 24.7. The summed E-state index contributed by atoms with van der Waals surface area (Å²) >= 11 is 0. The summed E-state index contributed by atoms with van der Waals surface area (Å²) in [5.74, 6) is -0.435. The van der Waals surface area contributed by atoms with E-state index in [-0.39, 0.29) is 19.6 Å². The Labute approximate surface area is 477 Å². The van der Waals surface area contributed by atoms with Gasteiger partial charge in [0.25, 0.3) is 0 Å². The number of aliphatic hydroxyl groups excluding tert-OH is 7. The summed E-state index contributed by atoms with van der Waals surface area (Å²) in [5.41, 5.74) is 0. The van der Waals surface area contributed by atoms with E-state index >= 15 is 0 Å². The van der Waals surface area contributed by atoms with Gasteiger partial charge in [0.15, 0.2) is 12.6 Å². The van der Waals surface area contributed by atoms with Crippen LogP contribution in [0.5, 0.6) is 0 Å². The molecular formula is C65H110O14. The van der Waals surface area contributed by atoms with Crippen LogP contribution >= 0.6 is 0 Å². The molecule has 11 atom stereocenters. The molecule has 2 aliphatic heterocycles. The summed E-state index contributed by atoms with van der Waals surface area (Å²) in [6.45, 7) is 3.50. The van der Waals surface area contributed by atoms with Crippen LogP contribution in [0.15, 0.2) is 97.2 Å². The summed E-state index contributed by atoms with van der Waals surface area (Å²) in [5, 5.41) is 72.4. The molecule has 0 aromatic carbocycles. The molecule has 2 aliphatic rings. The highest BCUT2D eigenvalue weighted by Gasteiger charge is 2.47. The molecule has 2 saturated heterocycles. The average molecular weight is 1120 g/mol. The van der Waals surface area contributed by atoms with Gasteiger partial charge in [-0.1, -0.05) is 207 Å². The minimum atomic E-state index is -1.72. The van der Waals surface area contributed by atoms with E-state index in [9.17, 15) is 40.5 Å². The molecule has 2 heterocycles. The summed E-state index contributed by atoms with van der Waals surface area (Å²) in [6, 6.07) is 0. The van der Waals surface area contributed by atoms with Crippen molar-refractivity contribution in [3.05, 3.63) is 97.2 Å². The fourth-order valence-electron chi connectivity index (χ4n) is 9.15. The quantitative estimate of drug-likeness (QED) is 0.0172. The van der Waals surface area contributed by atoms with Crippen molar-refractivity contribution in [1.82, 2.24) is 0 Å². The van der Waals surface area contributed by atoms with Gasteiger partial charge in [-0.2, -0.15) is 0 Å². The predicted molar refractivity (Wildman–Crippen MR) is 316 cm³/mol. The van der Waals surface area contributed by atoms with Gasteiger partial charge in [0, 0.05) is 13.0 Å². The first kappa shape index (κ1) is 72.0. The number of aliphatic hydroxyl groups is 7. The van der Waals surface area contributed by atoms with E-state index in [1.165, 1.54) is 109 Å². The molecule has 454 valence electrons. The van der Waals surface area contributed by atoms with Gasteiger partial charge < -0.3 is 64.2 Å². The smallest absolute Gasteiger partial charge is 0.306 e. The van der Waals surface area contributed by atoms with Crippen LogP contribution in [0.4, 0.5) is 0 Å². The standard InChI is InChI=1S/C65H110O14/c1-3-5-7-9-11-13-15-17-19-21-23-25-27-28-30-32-34-36-38-40-42-44-46-48-57(67)77-54(51-74-49-47-45-43-41-39-37-35-33-31-29-26-24-22-20-18-16-14-12-10-8-6-4-2)52-75-64-63(73)61(71)59(69)56(79-64)53-76-65-62(72)60(70)58(68)55(50-66)78-65/h5,7,11,13,17,19,22-25,28,30,34,36,40,42,54-56,58-66,68-73H,3-4,6,8-10,12,14-16,18,20-21,26-27,29,31-33,35,37-39,41,43-53H2,1-2H3/b7-5-,13-11-,19-17-,24-22-,25-23-,30-28-,36-34-,42-40-. The van der Waals surface area contributed by atoms with Crippen molar-refractivity contribution in [1.29, 1.82) is 0 Å². The van der Waals surface area contributed by atoms with Crippen molar-refractivity contribution >= 4 is 5.97 Å². The van der Waals surface area contributed by atoms with Crippen molar-refractivity contribution in [2.24, 2.45) is 0 Å². The summed E-state index contributed by atoms with van der Waals surface area (Å²) in [6.07, 6.45) is 51.9. The molecule has 0 radical (unpaired) electrons. The van der Waals surface area contributed by atoms with Crippen LogP contribution in [0.25, 0.3) is 0 Å². The second kappa shape index (κ2) is 50.6. The van der Waals surface area contributed by atoms with E-state index in [1.807, 2.05) is 0 Å². The fourth-order valence-corrected chi connectivity index (χ4v) is 9.15. The zero-order valence-corrected chi connectivity index (χ0v) is 48.8. The second-order valence-corrected chi connectivity index (χ2v) is 21.1. The van der Waals surface area contributed by atoms with Gasteiger partial charge in [-0.25, -0.2) is 0 Å². The minimum absolute atomic E-state index is 0.0320. The first-order valence-electron chi connectivity index (χ1n) is 30.8. The van der Waals surface area contributed by atoms with E-state index in [0.717, 1.165) is 64.2 Å². The molecule has 0 aromatic rings. The van der Waals surface area contributed by atoms with E-state index in [2.05, 4.69) is 111 Å². The summed E-state index contributed by atoms with van der Waals surface area (Å²) in [4.78, 5) is 13.1. The van der Waals surface area contributed by atoms with Crippen LogP contribution in [0, 0.1) is 0 Å². The van der Waals surface area contributed by atoms with Gasteiger partial charge in [-0.05, 0) is 89.9 Å². The summed E-state index contributed by atoms with van der Waals surface area (Å²) in [7, 11) is 0. The van der Waals surface area contributed by atoms with E-state index in [0.29, 0.717) is 19.4 Å². The van der Waals surface area contributed by atoms with Crippen molar-refractivity contribution in [3.63, 3.8) is 0 Å². The highest BCUT2D eigenvalue weighted by molar-refractivity contribution is 5.69. The predicted octanol–water partition coefficient (Wildman–Crippen LogP) is 11.7. The van der Waals surface area contributed by atoms with Crippen molar-refractivity contribution in [2.45, 2.75) is 274 Å². The molecule has 0 bridgehead atoms. The maximum Gasteiger partial charge on any atom is 0.306 e. The third-order valence-corrected chi connectivity index (χ3v) is 14.1. The molecule has 11 unspecified atom stereocenters. The van der Waals surface area contributed by atoms with Gasteiger partial charge in [-0.3, -0.25) is 4.79 Å². The van der Waals surface area contributed by atoms with Gasteiger partial charge >= 0.3 is 5.97 Å². The number of hydrogen-bond acceptors (Lipinski definition) is 14. The number of unbranched alkanes of at least 4 members (excludes halogenated alkanes) is 19. The molecule has 2 fully saturated rings. The molecule has 0 spiro atoms. The Kier molecular flexibility index (Phi) is 46.1. The largest absolute Gasteiger partial charge is 0.457 e. The van der Waals surface area contributed by atoms with Crippen molar-refractivity contribution < 1.29 is 69.0 Å². The lowest BCUT2D eigenvalue weighted by molar-refractivity contribution is -0.332. The molecular weight excluding hydrogens is 1000 g/mol. The first-order chi connectivity index (χ1) is 38.6. The molecule has 0 aliphatic carbocycles. The molecule has 7 N–H and O–H groups in total. The Bertz CT molecular complexity index is 1670. The number of carbonyl (C=O) groups excluding carboxylic acids is 1. The lowest BCUT2D eigenvalue weighted by atomic mass is 9.98. The fraction of sp³-hybridized carbons (Fsp3) is 0.738. The lowest BCUT2D eigenvalue weighted by Gasteiger charge is -2.42. The number of allylic oxidation sites excluding steroid dienone is 16. The van der Waals surface area contributed by atoms with Crippen molar-refractivity contribution in [3.8, 4) is 0 Å². The van der Waals surface area contributed by atoms with Crippen molar-refractivity contribution in [2.75, 3.05) is 33.0 Å². The third kappa shape index (κ3) is 36.9. The molecule has 0 amide bonds. The molecule has 14 heteroatoms. The Balaban J connectivity index is 1.73. The Morgan fingerprint density at radius 2 is 0.823 bits per heavy atom. The number of ether oxygens (including phenoxy) is 6. The van der Waals surface area contributed by atoms with Crippen LogP contribution in [0.3, 0.4) is 0 Å². The minimum Gasteiger partial charge on any atom is -0.457 e. The van der Waals surface area contributed by atoms with E-state index < -0.39 is 86.7 Å². The van der Waals surface area contributed by atoms with Gasteiger partial charge in [0.2, 0.25) is 0 Å². The number of esters is 1. The monoisotopic (exact) mass is 1110 g/mol. The Hall–Kier alpha value is -3.09. The van der Waals surface area contributed by atoms with E-state index in [4.69, 9.17) is 28.4 Å². The van der Waals surface area contributed by atoms with Gasteiger partial charge in [0.05, 0.1) is 26.4 Å².